The van der Waals surface area contributed by atoms with Crippen molar-refractivity contribution in [3.63, 3.8) is 0 Å². The monoisotopic (exact) mass is 305 g/mol. The second-order valence-electron chi connectivity index (χ2n) is 3.78. The maximum Gasteiger partial charge on any atom is 0.321 e. The van der Waals surface area contributed by atoms with Crippen LogP contribution in [0.5, 0.6) is 0 Å². The molecule has 0 spiro atoms. The molecule has 0 fully saturated rings. The van der Waals surface area contributed by atoms with Gasteiger partial charge in [0.2, 0.25) is 0 Å². The number of carbonyl (C=O) groups excluding carboxylic acids is 1. The van der Waals surface area contributed by atoms with E-state index in [0.717, 1.165) is 0 Å². The van der Waals surface area contributed by atoms with E-state index in [1.807, 2.05) is 4.72 Å². The molecule has 10 heteroatoms. The standard InChI is InChI=1S/C10H15N3O6S/c1-2-19-9(14)4-3-7(10(15)16)13-20(17,18)8-5-6-11-12-8/h5-7,13H,2-4H2,1H3,(H,11,12)(H,15,16)/t7-/m0/s1. The summed E-state index contributed by atoms with van der Waals surface area (Å²) in [7, 11) is -4.02. The lowest BCUT2D eigenvalue weighted by Crippen LogP contribution is -2.41. The number of nitrogens with zero attached hydrogens (tertiary/aromatic N) is 1. The van der Waals surface area contributed by atoms with Gasteiger partial charge in [0.1, 0.15) is 6.04 Å². The number of aromatic nitrogens is 2. The molecule has 0 unspecified atom stereocenters. The number of aromatic amines is 1. The fourth-order valence-corrected chi connectivity index (χ4v) is 2.50. The summed E-state index contributed by atoms with van der Waals surface area (Å²) >= 11 is 0. The van der Waals surface area contributed by atoms with Gasteiger partial charge in [0.05, 0.1) is 12.8 Å². The van der Waals surface area contributed by atoms with E-state index in [2.05, 4.69) is 14.9 Å². The van der Waals surface area contributed by atoms with Crippen LogP contribution in [-0.2, 0) is 24.3 Å². The normalized spacial score (nSPS) is 12.8. The number of H-pyrrole nitrogens is 1. The first-order valence-corrected chi connectivity index (χ1v) is 7.25. The van der Waals surface area contributed by atoms with Gasteiger partial charge in [-0.3, -0.25) is 14.7 Å². The maximum atomic E-state index is 11.8. The highest BCUT2D eigenvalue weighted by Crippen LogP contribution is 2.07. The molecule has 112 valence electrons. The van der Waals surface area contributed by atoms with E-state index in [0.29, 0.717) is 0 Å². The lowest BCUT2D eigenvalue weighted by molar-refractivity contribution is -0.144. The number of sulfonamides is 1. The fourth-order valence-electron chi connectivity index (χ4n) is 1.37. The summed E-state index contributed by atoms with van der Waals surface area (Å²) in [6.07, 6.45) is 0.820. The number of ether oxygens (including phenoxy) is 1. The third-order valence-corrected chi connectivity index (χ3v) is 3.70. The van der Waals surface area contributed by atoms with Crippen LogP contribution in [0.2, 0.25) is 0 Å². The predicted molar refractivity (Wildman–Crippen MR) is 66.2 cm³/mol. The summed E-state index contributed by atoms with van der Waals surface area (Å²) in [6, 6.07) is -0.236. The maximum absolute atomic E-state index is 11.8. The number of carbonyl (C=O) groups is 2. The lowest BCUT2D eigenvalue weighted by Gasteiger charge is -2.13. The minimum absolute atomic E-state index is 0.177. The Morgan fingerprint density at radius 2 is 2.25 bits per heavy atom. The van der Waals surface area contributed by atoms with Gasteiger partial charge in [0.15, 0.2) is 5.03 Å². The number of carboxylic acids is 1. The zero-order chi connectivity index (χ0) is 15.2. The van der Waals surface area contributed by atoms with Gasteiger partial charge in [-0.25, -0.2) is 8.42 Å². The Balaban J connectivity index is 2.69. The van der Waals surface area contributed by atoms with Crippen molar-refractivity contribution in [1.29, 1.82) is 0 Å². The third kappa shape index (κ3) is 4.63. The molecule has 0 saturated heterocycles. The second kappa shape index (κ2) is 7.01. The van der Waals surface area contributed by atoms with Crippen LogP contribution < -0.4 is 4.72 Å². The largest absolute Gasteiger partial charge is 0.480 e. The van der Waals surface area contributed by atoms with Crippen LogP contribution in [0.15, 0.2) is 17.3 Å². The fraction of sp³-hybridized carbons (Fsp3) is 0.500. The number of carboxylic acid groups (broad SMARTS) is 1. The number of hydrogen-bond acceptors (Lipinski definition) is 6. The van der Waals surface area contributed by atoms with Crippen molar-refractivity contribution in [2.24, 2.45) is 0 Å². The summed E-state index contributed by atoms with van der Waals surface area (Å²) in [4.78, 5) is 22.2. The third-order valence-electron chi connectivity index (χ3n) is 2.30. The van der Waals surface area contributed by atoms with E-state index < -0.39 is 28.0 Å². The number of aliphatic carboxylic acids is 1. The van der Waals surface area contributed by atoms with Crippen molar-refractivity contribution in [3.8, 4) is 0 Å². The Morgan fingerprint density at radius 3 is 2.75 bits per heavy atom. The molecule has 0 saturated carbocycles. The Hall–Kier alpha value is -1.94. The molecule has 20 heavy (non-hydrogen) atoms. The highest BCUT2D eigenvalue weighted by molar-refractivity contribution is 7.89. The summed E-state index contributed by atoms with van der Waals surface area (Å²) < 4.78 is 30.3. The van der Waals surface area contributed by atoms with Crippen molar-refractivity contribution in [1.82, 2.24) is 14.9 Å². The van der Waals surface area contributed by atoms with Gasteiger partial charge in [0.25, 0.3) is 10.0 Å². The van der Waals surface area contributed by atoms with E-state index in [-0.39, 0.29) is 24.5 Å². The smallest absolute Gasteiger partial charge is 0.321 e. The van der Waals surface area contributed by atoms with Crippen molar-refractivity contribution in [3.05, 3.63) is 12.3 Å². The van der Waals surface area contributed by atoms with Gasteiger partial charge in [-0.2, -0.15) is 9.82 Å². The number of nitrogens with one attached hydrogen (secondary N) is 2. The van der Waals surface area contributed by atoms with Gasteiger partial charge >= 0.3 is 11.9 Å². The first-order valence-electron chi connectivity index (χ1n) is 5.77. The van der Waals surface area contributed by atoms with Gasteiger partial charge < -0.3 is 9.84 Å². The highest BCUT2D eigenvalue weighted by Gasteiger charge is 2.26. The molecule has 0 radical (unpaired) electrons. The number of hydrogen-bond donors (Lipinski definition) is 3. The zero-order valence-electron chi connectivity index (χ0n) is 10.7. The summed E-state index contributed by atoms with van der Waals surface area (Å²) in [5.74, 6) is -1.96. The van der Waals surface area contributed by atoms with Gasteiger partial charge in [-0.15, -0.1) is 0 Å². The summed E-state index contributed by atoms with van der Waals surface area (Å²) in [5, 5.41) is 14.4. The minimum Gasteiger partial charge on any atom is -0.480 e. The first kappa shape index (κ1) is 16.1. The van der Waals surface area contributed by atoms with Crippen LogP contribution in [0.3, 0.4) is 0 Å². The molecule has 1 aromatic rings. The van der Waals surface area contributed by atoms with Crippen molar-refractivity contribution >= 4 is 22.0 Å². The van der Waals surface area contributed by atoms with Crippen molar-refractivity contribution in [2.45, 2.75) is 30.8 Å². The first-order chi connectivity index (χ1) is 9.36. The topological polar surface area (TPSA) is 138 Å². The van der Waals surface area contributed by atoms with E-state index in [4.69, 9.17) is 5.11 Å². The number of rotatable bonds is 8. The van der Waals surface area contributed by atoms with Gasteiger partial charge in [-0.05, 0) is 19.4 Å². The van der Waals surface area contributed by atoms with E-state index in [9.17, 15) is 18.0 Å². The molecule has 0 bridgehead atoms. The van der Waals surface area contributed by atoms with Crippen LogP contribution in [0.4, 0.5) is 0 Å². The Kier molecular flexibility index (Phi) is 5.65. The van der Waals surface area contributed by atoms with Crippen molar-refractivity contribution in [2.75, 3.05) is 6.61 Å². The molecule has 3 N–H and O–H groups in total. The van der Waals surface area contributed by atoms with E-state index >= 15 is 0 Å². The van der Waals surface area contributed by atoms with E-state index in [1.165, 1.54) is 12.3 Å². The van der Waals surface area contributed by atoms with Gasteiger partial charge in [0, 0.05) is 6.42 Å². The van der Waals surface area contributed by atoms with Gasteiger partial charge in [-0.1, -0.05) is 0 Å². The molecule has 1 heterocycles. The van der Waals surface area contributed by atoms with E-state index in [1.54, 1.807) is 6.92 Å². The molecule has 0 aromatic carbocycles. The summed E-state index contributed by atoms with van der Waals surface area (Å²) in [5.41, 5.74) is 0. The van der Waals surface area contributed by atoms with Crippen LogP contribution >= 0.6 is 0 Å². The average Bonchev–Trinajstić information content (AvgIpc) is 2.89. The average molecular weight is 305 g/mol. The SMILES string of the molecule is CCOC(=O)CC[C@H](NS(=O)(=O)c1ccn[nH]1)C(=O)O. The molecule has 0 aliphatic rings. The Labute approximate surface area is 115 Å². The molecule has 1 rings (SSSR count). The number of esters is 1. The molecule has 0 amide bonds. The quantitative estimate of drug-likeness (QED) is 0.549. The molecule has 0 aliphatic heterocycles. The van der Waals surface area contributed by atoms with Crippen molar-refractivity contribution < 1.29 is 27.9 Å². The molecule has 9 nitrogen and oxygen atoms in total. The Bertz CT molecular complexity index is 554. The molecular weight excluding hydrogens is 290 g/mol. The lowest BCUT2D eigenvalue weighted by atomic mass is 10.2. The Morgan fingerprint density at radius 1 is 1.55 bits per heavy atom. The molecule has 1 atom stereocenters. The molecule has 0 aliphatic carbocycles. The zero-order valence-corrected chi connectivity index (χ0v) is 11.5. The minimum atomic E-state index is -4.02. The van der Waals surface area contributed by atoms with Crippen LogP contribution in [0, 0.1) is 0 Å². The predicted octanol–water partition coefficient (Wildman–Crippen LogP) is -0.515. The summed E-state index contributed by atoms with van der Waals surface area (Å²) in [6.45, 7) is 1.80. The molecular formula is C10H15N3O6S. The highest BCUT2D eigenvalue weighted by atomic mass is 32.2. The van der Waals surface area contributed by atoms with Crippen LogP contribution in [0.1, 0.15) is 19.8 Å². The molecule has 1 aromatic heterocycles. The van der Waals surface area contributed by atoms with Crippen LogP contribution in [-0.4, -0.2) is 48.3 Å². The van der Waals surface area contributed by atoms with Crippen LogP contribution in [0.25, 0.3) is 0 Å². The second-order valence-corrected chi connectivity index (χ2v) is 5.46.